The molecule has 0 unspecified atom stereocenters. The number of fused-ring (bicyclic) bond motifs is 1. The van der Waals surface area contributed by atoms with Gasteiger partial charge in [0.15, 0.2) is 5.76 Å². The van der Waals surface area contributed by atoms with Gasteiger partial charge in [0.2, 0.25) is 5.95 Å². The highest BCUT2D eigenvalue weighted by molar-refractivity contribution is 5.84. The third kappa shape index (κ3) is 1.36. The highest BCUT2D eigenvalue weighted by Crippen LogP contribution is 2.28. The Labute approximate surface area is 103 Å². The molecule has 0 radical (unpaired) electrons. The lowest BCUT2D eigenvalue weighted by Gasteiger charge is -1.99. The summed E-state index contributed by atoms with van der Waals surface area (Å²) in [6.07, 6.45) is 1.50. The van der Waals surface area contributed by atoms with Gasteiger partial charge in [-0.3, -0.25) is 0 Å². The maximum atomic E-state index is 8.98. The van der Waals surface area contributed by atoms with Crippen LogP contribution in [0.1, 0.15) is 5.56 Å². The molecule has 3 rings (SSSR count). The van der Waals surface area contributed by atoms with Crippen molar-refractivity contribution in [2.45, 2.75) is 0 Å². The summed E-state index contributed by atoms with van der Waals surface area (Å²) < 4.78 is 7.15. The van der Waals surface area contributed by atoms with Gasteiger partial charge in [-0.25, -0.2) is 4.98 Å². The summed E-state index contributed by atoms with van der Waals surface area (Å²) in [5.74, 6) is 1.02. The van der Waals surface area contributed by atoms with Crippen LogP contribution in [-0.2, 0) is 7.05 Å². The van der Waals surface area contributed by atoms with E-state index < -0.39 is 0 Å². The minimum absolute atomic E-state index is 0.460. The van der Waals surface area contributed by atoms with Crippen molar-refractivity contribution in [3.05, 3.63) is 36.1 Å². The van der Waals surface area contributed by atoms with E-state index in [1.54, 1.807) is 6.07 Å². The van der Waals surface area contributed by atoms with E-state index in [-0.39, 0.29) is 0 Å². The van der Waals surface area contributed by atoms with Crippen molar-refractivity contribution in [1.29, 1.82) is 5.26 Å². The van der Waals surface area contributed by atoms with Crippen LogP contribution in [0, 0.1) is 11.3 Å². The first-order chi connectivity index (χ1) is 8.70. The van der Waals surface area contributed by atoms with Crippen molar-refractivity contribution >= 4 is 17.0 Å². The first kappa shape index (κ1) is 10.4. The fraction of sp³-hybridized carbons (Fsp3) is 0.0769. The molecule has 0 atom stereocenters. The standard InChI is InChI=1S/C13H10N4O/c1-17-11-3-2-8(6-10(11)16-13(17)15)12-9(7-14)4-5-18-12/h2-6H,1H3,(H2,15,16). The number of anilines is 1. The predicted molar refractivity (Wildman–Crippen MR) is 67.5 cm³/mol. The molecule has 0 amide bonds. The fourth-order valence-corrected chi connectivity index (χ4v) is 1.98. The Morgan fingerprint density at radius 3 is 3.00 bits per heavy atom. The van der Waals surface area contributed by atoms with E-state index in [0.717, 1.165) is 16.6 Å². The average Bonchev–Trinajstić information content (AvgIpc) is 2.95. The number of aryl methyl sites for hydroxylation is 1. The van der Waals surface area contributed by atoms with Gasteiger partial charge in [0.25, 0.3) is 0 Å². The molecule has 2 heterocycles. The molecule has 5 heteroatoms. The molecule has 2 N–H and O–H groups in total. The zero-order valence-electron chi connectivity index (χ0n) is 9.71. The van der Waals surface area contributed by atoms with Crippen LogP contribution in [0.3, 0.4) is 0 Å². The molecule has 5 nitrogen and oxygen atoms in total. The zero-order chi connectivity index (χ0) is 12.7. The predicted octanol–water partition coefficient (Wildman–Crippen LogP) is 2.29. The molecule has 18 heavy (non-hydrogen) atoms. The molecule has 0 bridgehead atoms. The molecule has 0 aliphatic carbocycles. The summed E-state index contributed by atoms with van der Waals surface area (Å²) in [5.41, 5.74) is 8.82. The Hall–Kier alpha value is -2.74. The number of nitrogens with zero attached hydrogens (tertiary/aromatic N) is 3. The molecule has 0 spiro atoms. The molecule has 0 fully saturated rings. The van der Waals surface area contributed by atoms with Crippen molar-refractivity contribution in [1.82, 2.24) is 9.55 Å². The number of nitrogen functional groups attached to an aromatic ring is 1. The van der Waals surface area contributed by atoms with E-state index in [0.29, 0.717) is 17.3 Å². The first-order valence-corrected chi connectivity index (χ1v) is 5.40. The Bertz CT molecular complexity index is 776. The molecule has 0 aliphatic heterocycles. The number of nitrogens with two attached hydrogens (primary N) is 1. The van der Waals surface area contributed by atoms with E-state index in [2.05, 4.69) is 11.1 Å². The second-order valence-electron chi connectivity index (χ2n) is 4.01. The van der Waals surface area contributed by atoms with Crippen molar-refractivity contribution in [2.24, 2.45) is 7.05 Å². The second-order valence-corrected chi connectivity index (χ2v) is 4.01. The van der Waals surface area contributed by atoms with Gasteiger partial charge in [0.1, 0.15) is 6.07 Å². The molecule has 1 aromatic carbocycles. The van der Waals surface area contributed by atoms with E-state index in [4.69, 9.17) is 15.4 Å². The minimum Gasteiger partial charge on any atom is -0.463 e. The molecule has 0 saturated heterocycles. The topological polar surface area (TPSA) is 80.8 Å². The summed E-state index contributed by atoms with van der Waals surface area (Å²) in [6, 6.07) is 9.41. The molecule has 0 aliphatic rings. The largest absolute Gasteiger partial charge is 0.463 e. The van der Waals surface area contributed by atoms with Crippen LogP contribution in [0.5, 0.6) is 0 Å². The number of hydrogen-bond acceptors (Lipinski definition) is 4. The number of hydrogen-bond donors (Lipinski definition) is 1. The molecule has 88 valence electrons. The van der Waals surface area contributed by atoms with Gasteiger partial charge in [0, 0.05) is 12.6 Å². The summed E-state index contributed by atoms with van der Waals surface area (Å²) in [5, 5.41) is 8.98. The van der Waals surface area contributed by atoms with Crippen LogP contribution in [0.15, 0.2) is 34.9 Å². The normalized spacial score (nSPS) is 10.7. The van der Waals surface area contributed by atoms with Crippen molar-refractivity contribution in [3.63, 3.8) is 0 Å². The Morgan fingerprint density at radius 2 is 2.22 bits per heavy atom. The first-order valence-electron chi connectivity index (χ1n) is 5.40. The van der Waals surface area contributed by atoms with Gasteiger partial charge in [0.05, 0.1) is 22.9 Å². The molecule has 0 saturated carbocycles. The summed E-state index contributed by atoms with van der Waals surface area (Å²) in [6.45, 7) is 0. The number of furan rings is 1. The molecule has 2 aromatic heterocycles. The van der Waals surface area contributed by atoms with Gasteiger partial charge in [-0.1, -0.05) is 0 Å². The van der Waals surface area contributed by atoms with E-state index in [1.807, 2.05) is 29.8 Å². The zero-order valence-corrected chi connectivity index (χ0v) is 9.71. The summed E-state index contributed by atoms with van der Waals surface area (Å²) >= 11 is 0. The van der Waals surface area contributed by atoms with Crippen LogP contribution in [0.25, 0.3) is 22.4 Å². The smallest absolute Gasteiger partial charge is 0.200 e. The fourth-order valence-electron chi connectivity index (χ4n) is 1.98. The van der Waals surface area contributed by atoms with Crippen molar-refractivity contribution < 1.29 is 4.42 Å². The lowest BCUT2D eigenvalue weighted by Crippen LogP contribution is -1.95. The second kappa shape index (κ2) is 3.64. The third-order valence-electron chi connectivity index (χ3n) is 2.96. The molecular weight excluding hydrogens is 228 g/mol. The highest BCUT2D eigenvalue weighted by Gasteiger charge is 2.11. The van der Waals surface area contributed by atoms with Gasteiger partial charge in [-0.2, -0.15) is 5.26 Å². The number of rotatable bonds is 1. The Balaban J connectivity index is 2.23. The highest BCUT2D eigenvalue weighted by atomic mass is 16.3. The third-order valence-corrected chi connectivity index (χ3v) is 2.96. The van der Waals surface area contributed by atoms with E-state index in [1.165, 1.54) is 6.26 Å². The Kier molecular flexibility index (Phi) is 2.10. The van der Waals surface area contributed by atoms with Gasteiger partial charge >= 0.3 is 0 Å². The monoisotopic (exact) mass is 238 g/mol. The number of nitriles is 1. The quantitative estimate of drug-likeness (QED) is 0.705. The maximum Gasteiger partial charge on any atom is 0.200 e. The van der Waals surface area contributed by atoms with Crippen molar-refractivity contribution in [3.8, 4) is 17.4 Å². The lowest BCUT2D eigenvalue weighted by atomic mass is 10.1. The van der Waals surface area contributed by atoms with Crippen LogP contribution in [-0.4, -0.2) is 9.55 Å². The molecular formula is C13H10N4O. The van der Waals surface area contributed by atoms with Crippen LogP contribution < -0.4 is 5.73 Å². The number of aromatic nitrogens is 2. The summed E-state index contributed by atoms with van der Waals surface area (Å²) in [7, 11) is 1.86. The Morgan fingerprint density at radius 1 is 1.39 bits per heavy atom. The maximum absolute atomic E-state index is 8.98. The minimum atomic E-state index is 0.460. The van der Waals surface area contributed by atoms with Gasteiger partial charge < -0.3 is 14.7 Å². The average molecular weight is 238 g/mol. The van der Waals surface area contributed by atoms with Gasteiger partial charge in [-0.05, 0) is 24.3 Å². The number of benzene rings is 1. The van der Waals surface area contributed by atoms with E-state index in [9.17, 15) is 0 Å². The van der Waals surface area contributed by atoms with Crippen LogP contribution >= 0.6 is 0 Å². The SMILES string of the molecule is Cn1c(N)nc2cc(-c3occc3C#N)ccc21. The summed E-state index contributed by atoms with van der Waals surface area (Å²) in [4.78, 5) is 4.25. The van der Waals surface area contributed by atoms with Crippen LogP contribution in [0.4, 0.5) is 5.95 Å². The van der Waals surface area contributed by atoms with Gasteiger partial charge in [-0.15, -0.1) is 0 Å². The van der Waals surface area contributed by atoms with Crippen molar-refractivity contribution in [2.75, 3.05) is 5.73 Å². The number of imidazole rings is 1. The van der Waals surface area contributed by atoms with E-state index >= 15 is 0 Å². The van der Waals surface area contributed by atoms with Crippen LogP contribution in [0.2, 0.25) is 0 Å². The molecule has 3 aromatic rings. The lowest BCUT2D eigenvalue weighted by molar-refractivity contribution is 0.582.